The molecule has 5 rings (SSSR count). The Morgan fingerprint density at radius 3 is 2.40 bits per heavy atom. The molecule has 2 aromatic heterocycles. The first-order valence-electron chi connectivity index (χ1n) is 9.97. The molecule has 148 valence electrons. The van der Waals surface area contributed by atoms with Crippen molar-refractivity contribution in [3.63, 3.8) is 0 Å². The molecule has 0 aliphatic carbocycles. The minimum absolute atomic E-state index is 0.435. The molecule has 2 heterocycles. The number of fused-ring (bicyclic) bond motifs is 1. The standard InChI is InChI=1S/C25H22N4O/c1-28-24-10-6-5-9-23(24)26-25(28)18-30-21-13-11-19(12-14-21)17-29-16-15-22(27-29)20-7-3-2-4-8-20/h2-16H,17-18H2,1H3. The Bertz CT molecular complexity index is 1270. The Kier molecular flexibility index (Phi) is 4.77. The van der Waals surface area contributed by atoms with E-state index >= 15 is 0 Å². The molecule has 0 amide bonds. The zero-order valence-electron chi connectivity index (χ0n) is 16.8. The summed E-state index contributed by atoms with van der Waals surface area (Å²) in [5.74, 6) is 1.74. The van der Waals surface area contributed by atoms with Crippen LogP contribution in [0.1, 0.15) is 11.4 Å². The lowest BCUT2D eigenvalue weighted by atomic mass is 10.2. The van der Waals surface area contributed by atoms with Gasteiger partial charge in [-0.3, -0.25) is 4.68 Å². The highest BCUT2D eigenvalue weighted by molar-refractivity contribution is 5.75. The maximum atomic E-state index is 5.96. The van der Waals surface area contributed by atoms with Crippen molar-refractivity contribution >= 4 is 11.0 Å². The first-order valence-corrected chi connectivity index (χ1v) is 9.97. The second-order valence-corrected chi connectivity index (χ2v) is 7.27. The van der Waals surface area contributed by atoms with E-state index in [9.17, 15) is 0 Å². The lowest BCUT2D eigenvalue weighted by Gasteiger charge is -2.08. The number of hydrogen-bond donors (Lipinski definition) is 0. The summed E-state index contributed by atoms with van der Waals surface area (Å²) in [6, 6.07) is 28.5. The Hall–Kier alpha value is -3.86. The lowest BCUT2D eigenvalue weighted by Crippen LogP contribution is -2.04. The molecule has 0 saturated carbocycles. The topological polar surface area (TPSA) is 44.9 Å². The van der Waals surface area contributed by atoms with Crippen LogP contribution >= 0.6 is 0 Å². The summed E-state index contributed by atoms with van der Waals surface area (Å²) in [5.41, 5.74) is 5.39. The van der Waals surface area contributed by atoms with Crippen molar-refractivity contribution in [3.05, 3.63) is 103 Å². The van der Waals surface area contributed by atoms with E-state index in [2.05, 4.69) is 45.0 Å². The second-order valence-electron chi connectivity index (χ2n) is 7.27. The molecule has 30 heavy (non-hydrogen) atoms. The number of hydrogen-bond acceptors (Lipinski definition) is 3. The first-order chi connectivity index (χ1) is 14.8. The number of aromatic nitrogens is 4. The Labute approximate surface area is 175 Å². The van der Waals surface area contributed by atoms with Gasteiger partial charge in [-0.15, -0.1) is 0 Å². The molecule has 0 N–H and O–H groups in total. The summed E-state index contributed by atoms with van der Waals surface area (Å²) in [6.07, 6.45) is 2.01. The van der Waals surface area contributed by atoms with Crippen molar-refractivity contribution < 1.29 is 4.74 Å². The number of para-hydroxylation sites is 2. The summed E-state index contributed by atoms with van der Waals surface area (Å²) in [5, 5.41) is 4.68. The largest absolute Gasteiger partial charge is 0.486 e. The summed E-state index contributed by atoms with van der Waals surface area (Å²) < 4.78 is 9.99. The van der Waals surface area contributed by atoms with Gasteiger partial charge in [0.05, 0.1) is 23.3 Å². The number of aryl methyl sites for hydroxylation is 1. The van der Waals surface area contributed by atoms with Gasteiger partial charge in [-0.2, -0.15) is 5.10 Å². The fourth-order valence-corrected chi connectivity index (χ4v) is 3.56. The highest BCUT2D eigenvalue weighted by Crippen LogP contribution is 2.19. The smallest absolute Gasteiger partial charge is 0.147 e. The molecule has 5 aromatic rings. The van der Waals surface area contributed by atoms with Crippen LogP contribution in [0.5, 0.6) is 5.75 Å². The average molecular weight is 394 g/mol. The van der Waals surface area contributed by atoms with Crippen molar-refractivity contribution in [1.82, 2.24) is 19.3 Å². The van der Waals surface area contributed by atoms with Crippen molar-refractivity contribution in [1.29, 1.82) is 0 Å². The number of imidazole rings is 1. The lowest BCUT2D eigenvalue weighted by molar-refractivity contribution is 0.292. The third-order valence-electron chi connectivity index (χ3n) is 5.23. The Morgan fingerprint density at radius 1 is 0.833 bits per heavy atom. The molecule has 0 spiro atoms. The predicted molar refractivity (Wildman–Crippen MR) is 118 cm³/mol. The van der Waals surface area contributed by atoms with Gasteiger partial charge in [0.1, 0.15) is 18.2 Å². The van der Waals surface area contributed by atoms with Crippen LogP contribution < -0.4 is 4.74 Å². The molecule has 0 fully saturated rings. The highest BCUT2D eigenvalue weighted by atomic mass is 16.5. The minimum Gasteiger partial charge on any atom is -0.486 e. The SMILES string of the molecule is Cn1c(COc2ccc(Cn3ccc(-c4ccccc4)n3)cc2)nc2ccccc21. The summed E-state index contributed by atoms with van der Waals surface area (Å²) >= 11 is 0. The monoisotopic (exact) mass is 394 g/mol. The van der Waals surface area contributed by atoms with E-state index in [4.69, 9.17) is 4.74 Å². The maximum Gasteiger partial charge on any atom is 0.147 e. The van der Waals surface area contributed by atoms with Gasteiger partial charge in [-0.05, 0) is 35.9 Å². The van der Waals surface area contributed by atoms with Gasteiger partial charge in [0.2, 0.25) is 0 Å². The molecule has 5 nitrogen and oxygen atoms in total. The zero-order chi connectivity index (χ0) is 20.3. The zero-order valence-corrected chi connectivity index (χ0v) is 16.8. The van der Waals surface area contributed by atoms with E-state index in [0.29, 0.717) is 6.61 Å². The normalized spacial score (nSPS) is 11.1. The van der Waals surface area contributed by atoms with Crippen LogP contribution in [0.3, 0.4) is 0 Å². The minimum atomic E-state index is 0.435. The van der Waals surface area contributed by atoms with Gasteiger partial charge in [0.25, 0.3) is 0 Å². The van der Waals surface area contributed by atoms with Gasteiger partial charge in [-0.25, -0.2) is 4.98 Å². The van der Waals surface area contributed by atoms with Gasteiger partial charge in [-0.1, -0.05) is 54.6 Å². The van der Waals surface area contributed by atoms with E-state index in [1.807, 2.05) is 72.5 Å². The molecule has 0 unspecified atom stereocenters. The average Bonchev–Trinajstić information content (AvgIpc) is 3.39. The summed E-state index contributed by atoms with van der Waals surface area (Å²) in [4.78, 5) is 4.65. The Morgan fingerprint density at radius 2 is 1.60 bits per heavy atom. The fraction of sp³-hybridized carbons (Fsp3) is 0.120. The molecular weight excluding hydrogens is 372 g/mol. The van der Waals surface area contributed by atoms with E-state index in [1.54, 1.807) is 0 Å². The number of ether oxygens (including phenoxy) is 1. The van der Waals surface area contributed by atoms with E-state index in [1.165, 1.54) is 5.56 Å². The van der Waals surface area contributed by atoms with Crippen LogP contribution in [0.25, 0.3) is 22.3 Å². The molecule has 3 aromatic carbocycles. The number of nitrogens with zero attached hydrogens (tertiary/aromatic N) is 4. The van der Waals surface area contributed by atoms with Crippen LogP contribution in [-0.2, 0) is 20.2 Å². The molecule has 0 radical (unpaired) electrons. The number of rotatable bonds is 6. The predicted octanol–water partition coefficient (Wildman–Crippen LogP) is 5.06. The quantitative estimate of drug-likeness (QED) is 0.404. The van der Waals surface area contributed by atoms with E-state index in [-0.39, 0.29) is 0 Å². The van der Waals surface area contributed by atoms with Crippen molar-refractivity contribution in [2.45, 2.75) is 13.2 Å². The van der Waals surface area contributed by atoms with Crippen LogP contribution in [0.4, 0.5) is 0 Å². The van der Waals surface area contributed by atoms with Gasteiger partial charge in [0, 0.05) is 18.8 Å². The van der Waals surface area contributed by atoms with Crippen LogP contribution in [0.2, 0.25) is 0 Å². The molecule has 5 heteroatoms. The molecule has 0 aliphatic rings. The summed E-state index contributed by atoms with van der Waals surface area (Å²) in [7, 11) is 2.02. The van der Waals surface area contributed by atoms with Crippen molar-refractivity contribution in [2.75, 3.05) is 0 Å². The highest BCUT2D eigenvalue weighted by Gasteiger charge is 2.08. The maximum absolute atomic E-state index is 5.96. The molecule has 0 saturated heterocycles. The van der Waals surface area contributed by atoms with Crippen molar-refractivity contribution in [3.8, 4) is 17.0 Å². The third-order valence-corrected chi connectivity index (χ3v) is 5.23. The van der Waals surface area contributed by atoms with Gasteiger partial charge >= 0.3 is 0 Å². The van der Waals surface area contributed by atoms with Gasteiger partial charge in [0.15, 0.2) is 0 Å². The first kappa shape index (κ1) is 18.2. The van der Waals surface area contributed by atoms with Crippen LogP contribution in [-0.4, -0.2) is 19.3 Å². The molecular formula is C25H22N4O. The van der Waals surface area contributed by atoms with Gasteiger partial charge < -0.3 is 9.30 Å². The molecule has 0 aliphatic heterocycles. The number of benzene rings is 3. The fourth-order valence-electron chi connectivity index (χ4n) is 3.56. The van der Waals surface area contributed by atoms with Crippen molar-refractivity contribution in [2.24, 2.45) is 7.05 Å². The van der Waals surface area contributed by atoms with E-state index < -0.39 is 0 Å². The van der Waals surface area contributed by atoms with Crippen LogP contribution in [0.15, 0.2) is 91.1 Å². The summed E-state index contributed by atoms with van der Waals surface area (Å²) in [6.45, 7) is 1.15. The second kappa shape index (κ2) is 7.87. The molecule has 0 atom stereocenters. The van der Waals surface area contributed by atoms with Crippen LogP contribution in [0, 0.1) is 0 Å². The van der Waals surface area contributed by atoms with E-state index in [0.717, 1.165) is 40.4 Å². The Balaban J connectivity index is 1.23. The third kappa shape index (κ3) is 3.70. The molecule has 0 bridgehead atoms.